The molecule has 106 valence electrons. The van der Waals surface area contributed by atoms with Gasteiger partial charge in [-0.25, -0.2) is 4.79 Å². The van der Waals surface area contributed by atoms with Gasteiger partial charge in [-0.2, -0.15) is 0 Å². The second-order valence-corrected chi connectivity index (χ2v) is 5.53. The molecule has 0 saturated carbocycles. The van der Waals surface area contributed by atoms with E-state index < -0.39 is 5.97 Å². The van der Waals surface area contributed by atoms with Crippen LogP contribution in [-0.4, -0.2) is 53.6 Å². The van der Waals surface area contributed by atoms with E-state index in [0.717, 1.165) is 32.7 Å². The molecule has 0 unspecified atom stereocenters. The van der Waals surface area contributed by atoms with Gasteiger partial charge in [0.2, 0.25) is 0 Å². The highest BCUT2D eigenvalue weighted by Gasteiger charge is 2.21. The van der Waals surface area contributed by atoms with E-state index in [1.165, 1.54) is 12.3 Å². The summed E-state index contributed by atoms with van der Waals surface area (Å²) in [6.07, 6.45) is 1.45. The topological polar surface area (TPSA) is 56.9 Å². The van der Waals surface area contributed by atoms with Crippen molar-refractivity contribution in [1.29, 1.82) is 0 Å². The number of hydrogen-bond acceptors (Lipinski definition) is 4. The lowest BCUT2D eigenvalue weighted by Gasteiger charge is -2.35. The Labute approximate surface area is 113 Å². The minimum absolute atomic E-state index is 0.282. The minimum atomic E-state index is -0.915. The molecule has 0 bridgehead atoms. The van der Waals surface area contributed by atoms with Crippen molar-refractivity contribution < 1.29 is 14.3 Å². The molecule has 0 aromatic carbocycles. The molecule has 1 saturated heterocycles. The Hall–Kier alpha value is -1.33. The number of carbonyl (C=O) groups is 1. The third-order valence-corrected chi connectivity index (χ3v) is 3.43. The van der Waals surface area contributed by atoms with Crippen molar-refractivity contribution in [3.63, 3.8) is 0 Å². The molecule has 19 heavy (non-hydrogen) atoms. The third kappa shape index (κ3) is 3.81. The molecule has 2 heterocycles. The summed E-state index contributed by atoms with van der Waals surface area (Å²) in [7, 11) is 0. The van der Waals surface area contributed by atoms with Gasteiger partial charge in [0.15, 0.2) is 0 Å². The molecule has 0 amide bonds. The SMILES string of the molecule is CC(C)CN1CCN(Cc2occc2C(=O)O)CC1. The summed E-state index contributed by atoms with van der Waals surface area (Å²) in [6, 6.07) is 1.52. The van der Waals surface area contributed by atoms with Crippen LogP contribution in [0.25, 0.3) is 0 Å². The smallest absolute Gasteiger partial charge is 0.339 e. The molecule has 0 atom stereocenters. The highest BCUT2D eigenvalue weighted by Crippen LogP contribution is 2.15. The monoisotopic (exact) mass is 266 g/mol. The largest absolute Gasteiger partial charge is 0.478 e. The summed E-state index contributed by atoms with van der Waals surface area (Å²) in [4.78, 5) is 15.7. The summed E-state index contributed by atoms with van der Waals surface area (Å²) < 4.78 is 5.28. The van der Waals surface area contributed by atoms with Gasteiger partial charge in [0.05, 0.1) is 12.8 Å². The first kappa shape index (κ1) is 14.1. The van der Waals surface area contributed by atoms with Gasteiger partial charge in [-0.15, -0.1) is 0 Å². The fourth-order valence-corrected chi connectivity index (χ4v) is 2.50. The van der Waals surface area contributed by atoms with E-state index in [-0.39, 0.29) is 5.56 Å². The summed E-state index contributed by atoms with van der Waals surface area (Å²) in [5.74, 6) is 0.335. The lowest BCUT2D eigenvalue weighted by atomic mass is 10.2. The van der Waals surface area contributed by atoms with Crippen LogP contribution in [0.2, 0.25) is 0 Å². The Bertz CT molecular complexity index is 420. The van der Waals surface area contributed by atoms with Gasteiger partial charge in [-0.1, -0.05) is 13.8 Å². The molecule has 1 aromatic heterocycles. The van der Waals surface area contributed by atoms with Crippen LogP contribution < -0.4 is 0 Å². The summed E-state index contributed by atoms with van der Waals surface area (Å²) in [5.41, 5.74) is 0.282. The fraction of sp³-hybridized carbons (Fsp3) is 0.643. The van der Waals surface area contributed by atoms with Crippen molar-refractivity contribution in [2.75, 3.05) is 32.7 Å². The molecule has 5 nitrogen and oxygen atoms in total. The average Bonchev–Trinajstić information content (AvgIpc) is 2.79. The molecule has 1 fully saturated rings. The third-order valence-electron chi connectivity index (χ3n) is 3.43. The highest BCUT2D eigenvalue weighted by atomic mass is 16.4. The number of nitrogens with zero attached hydrogens (tertiary/aromatic N) is 2. The molecule has 1 N–H and O–H groups in total. The summed E-state index contributed by atoms with van der Waals surface area (Å²) >= 11 is 0. The summed E-state index contributed by atoms with van der Waals surface area (Å²) in [6.45, 7) is 10.2. The van der Waals surface area contributed by atoms with Crippen LogP contribution in [0, 0.1) is 5.92 Å². The Morgan fingerprint density at radius 2 is 1.95 bits per heavy atom. The van der Waals surface area contributed by atoms with Crippen LogP contribution in [0.5, 0.6) is 0 Å². The number of hydrogen-bond donors (Lipinski definition) is 1. The molecule has 1 aliphatic heterocycles. The van der Waals surface area contributed by atoms with Crippen LogP contribution in [0.4, 0.5) is 0 Å². The van der Waals surface area contributed by atoms with E-state index >= 15 is 0 Å². The first-order valence-electron chi connectivity index (χ1n) is 6.80. The number of rotatable bonds is 5. The maximum Gasteiger partial charge on any atom is 0.339 e. The normalized spacial score (nSPS) is 18.1. The number of aromatic carboxylic acids is 1. The molecular weight excluding hydrogens is 244 g/mol. The van der Waals surface area contributed by atoms with Gasteiger partial charge in [0.25, 0.3) is 0 Å². The predicted octanol–water partition coefficient (Wildman–Crippen LogP) is 1.75. The average molecular weight is 266 g/mol. The van der Waals surface area contributed by atoms with Crippen LogP contribution in [0.15, 0.2) is 16.7 Å². The molecular formula is C14H22N2O3. The van der Waals surface area contributed by atoms with E-state index in [4.69, 9.17) is 9.52 Å². The van der Waals surface area contributed by atoms with Gasteiger partial charge in [0.1, 0.15) is 11.3 Å². The Balaban J connectivity index is 1.85. The lowest BCUT2D eigenvalue weighted by Crippen LogP contribution is -2.46. The van der Waals surface area contributed by atoms with E-state index in [1.54, 1.807) is 0 Å². The quantitative estimate of drug-likeness (QED) is 0.880. The van der Waals surface area contributed by atoms with Crippen molar-refractivity contribution in [3.8, 4) is 0 Å². The Morgan fingerprint density at radius 1 is 1.32 bits per heavy atom. The first-order valence-corrected chi connectivity index (χ1v) is 6.80. The van der Waals surface area contributed by atoms with Crippen molar-refractivity contribution in [2.45, 2.75) is 20.4 Å². The van der Waals surface area contributed by atoms with E-state index in [2.05, 4.69) is 23.6 Å². The number of carboxylic acid groups (broad SMARTS) is 1. The zero-order chi connectivity index (χ0) is 13.8. The molecule has 0 spiro atoms. The fourth-order valence-electron chi connectivity index (χ4n) is 2.50. The predicted molar refractivity (Wildman–Crippen MR) is 72.2 cm³/mol. The Kier molecular flexibility index (Phi) is 4.61. The maximum absolute atomic E-state index is 11.0. The van der Waals surface area contributed by atoms with Gasteiger partial charge >= 0.3 is 5.97 Å². The van der Waals surface area contributed by atoms with E-state index in [0.29, 0.717) is 18.2 Å². The molecule has 1 aliphatic rings. The summed E-state index contributed by atoms with van der Waals surface area (Å²) in [5, 5.41) is 9.04. The van der Waals surface area contributed by atoms with Crippen molar-refractivity contribution in [2.24, 2.45) is 5.92 Å². The maximum atomic E-state index is 11.0. The Morgan fingerprint density at radius 3 is 2.53 bits per heavy atom. The van der Waals surface area contributed by atoms with Crippen LogP contribution in [-0.2, 0) is 6.54 Å². The van der Waals surface area contributed by atoms with Gasteiger partial charge in [0, 0.05) is 32.7 Å². The van der Waals surface area contributed by atoms with Crippen LogP contribution in [0.1, 0.15) is 30.0 Å². The lowest BCUT2D eigenvalue weighted by molar-refractivity contribution is 0.0689. The van der Waals surface area contributed by atoms with Gasteiger partial charge in [-0.05, 0) is 12.0 Å². The van der Waals surface area contributed by atoms with Crippen LogP contribution >= 0.6 is 0 Å². The zero-order valence-electron chi connectivity index (χ0n) is 11.6. The zero-order valence-corrected chi connectivity index (χ0v) is 11.6. The van der Waals surface area contributed by atoms with E-state index in [9.17, 15) is 4.79 Å². The second kappa shape index (κ2) is 6.21. The minimum Gasteiger partial charge on any atom is -0.478 e. The van der Waals surface area contributed by atoms with Crippen molar-refractivity contribution in [1.82, 2.24) is 9.80 Å². The molecule has 0 aliphatic carbocycles. The van der Waals surface area contributed by atoms with Crippen molar-refractivity contribution in [3.05, 3.63) is 23.7 Å². The first-order chi connectivity index (χ1) is 9.06. The molecule has 1 aromatic rings. The number of piperazine rings is 1. The van der Waals surface area contributed by atoms with Gasteiger partial charge < -0.3 is 14.4 Å². The molecule has 2 rings (SSSR count). The second-order valence-electron chi connectivity index (χ2n) is 5.53. The van der Waals surface area contributed by atoms with E-state index in [1.807, 2.05) is 0 Å². The molecule has 0 radical (unpaired) electrons. The van der Waals surface area contributed by atoms with Gasteiger partial charge in [-0.3, -0.25) is 4.90 Å². The highest BCUT2D eigenvalue weighted by molar-refractivity contribution is 5.88. The van der Waals surface area contributed by atoms with Crippen LogP contribution in [0.3, 0.4) is 0 Å². The standard InChI is InChI=1S/C14H22N2O3/c1-11(2)9-15-4-6-16(7-5-15)10-13-12(14(17)18)3-8-19-13/h3,8,11H,4-7,9-10H2,1-2H3,(H,17,18). The number of furan rings is 1. The number of carboxylic acids is 1. The molecule has 5 heteroatoms. The van der Waals surface area contributed by atoms with Crippen molar-refractivity contribution >= 4 is 5.97 Å².